The molecule has 0 saturated carbocycles. The summed E-state index contributed by atoms with van der Waals surface area (Å²) in [5, 5.41) is 14.9. The molecular weight excluding hydrogens is 485 g/mol. The highest BCUT2D eigenvalue weighted by molar-refractivity contribution is 8.03. The molecule has 4 aromatic rings. The molecule has 1 N–H and O–H groups in total. The monoisotopic (exact) mass is 506 g/mol. The average Bonchev–Trinajstić information content (AvgIpc) is 3.34. The van der Waals surface area contributed by atoms with E-state index in [4.69, 9.17) is 4.74 Å². The lowest BCUT2D eigenvalue weighted by Crippen LogP contribution is -2.19. The molecule has 0 fully saturated rings. The zero-order chi connectivity index (χ0) is 23.6. The minimum Gasteiger partial charge on any atom is -0.496 e. The lowest BCUT2D eigenvalue weighted by molar-refractivity contribution is -0.118. The van der Waals surface area contributed by atoms with Crippen LogP contribution in [0.5, 0.6) is 5.75 Å². The van der Waals surface area contributed by atoms with Gasteiger partial charge < -0.3 is 4.74 Å². The van der Waals surface area contributed by atoms with E-state index in [-0.39, 0.29) is 11.7 Å². The van der Waals surface area contributed by atoms with Gasteiger partial charge in [0, 0.05) is 17.5 Å². The number of aromatic nitrogens is 2. The van der Waals surface area contributed by atoms with Gasteiger partial charge in [-0.25, -0.2) is 5.43 Å². The van der Waals surface area contributed by atoms with E-state index in [9.17, 15) is 4.79 Å². The molecule has 9 heteroatoms. The summed E-state index contributed by atoms with van der Waals surface area (Å²) in [6, 6.07) is 22.4. The van der Waals surface area contributed by atoms with Crippen LogP contribution in [0.3, 0.4) is 0 Å². The van der Waals surface area contributed by atoms with Crippen molar-refractivity contribution in [2.75, 3.05) is 12.9 Å². The Hall–Kier alpha value is -3.14. The van der Waals surface area contributed by atoms with Crippen LogP contribution in [0.2, 0.25) is 0 Å². The van der Waals surface area contributed by atoms with Gasteiger partial charge in [0.05, 0.1) is 12.9 Å². The Morgan fingerprint density at radius 2 is 1.79 bits per heavy atom. The molecule has 0 aliphatic carbocycles. The van der Waals surface area contributed by atoms with Crippen LogP contribution < -0.4 is 10.2 Å². The molecule has 0 aliphatic heterocycles. The molecule has 0 aliphatic rings. The van der Waals surface area contributed by atoms with Crippen LogP contribution in [0, 0.1) is 0 Å². The summed E-state index contributed by atoms with van der Waals surface area (Å²) in [7, 11) is 1.63. The number of nitrogens with one attached hydrogen (secondary N) is 1. The summed E-state index contributed by atoms with van der Waals surface area (Å²) >= 11 is 4.50. The minimum absolute atomic E-state index is 0.202. The quantitative estimate of drug-likeness (QED) is 0.164. The Morgan fingerprint density at radius 1 is 1.03 bits per heavy atom. The van der Waals surface area contributed by atoms with Crippen molar-refractivity contribution in [1.82, 2.24) is 15.6 Å². The van der Waals surface area contributed by atoms with Gasteiger partial charge in [0.1, 0.15) is 5.75 Å². The van der Waals surface area contributed by atoms with Crippen LogP contribution in [0.15, 0.2) is 86.6 Å². The van der Waals surface area contributed by atoms with Gasteiger partial charge in [0.15, 0.2) is 8.68 Å². The summed E-state index contributed by atoms with van der Waals surface area (Å²) in [6.45, 7) is 0. The molecule has 1 aromatic heterocycles. The van der Waals surface area contributed by atoms with Crippen LogP contribution in [0.25, 0.3) is 16.8 Å². The van der Waals surface area contributed by atoms with E-state index in [0.29, 0.717) is 0 Å². The van der Waals surface area contributed by atoms with Crippen molar-refractivity contribution in [1.29, 1.82) is 0 Å². The normalized spacial score (nSPS) is 11.4. The number of fused-ring (bicyclic) bond motifs is 1. The maximum absolute atomic E-state index is 12.1. The third-order valence-corrected chi connectivity index (χ3v) is 7.95. The van der Waals surface area contributed by atoms with E-state index in [2.05, 4.69) is 57.1 Å². The van der Waals surface area contributed by atoms with E-state index < -0.39 is 0 Å². The highest BCUT2D eigenvalue weighted by Crippen LogP contribution is 2.32. The number of amides is 1. The number of hydrogen-bond donors (Lipinski definition) is 1. The van der Waals surface area contributed by atoms with E-state index in [1.807, 2.05) is 36.4 Å². The van der Waals surface area contributed by atoms with Gasteiger partial charge in [-0.2, -0.15) is 5.10 Å². The van der Waals surface area contributed by atoms with E-state index in [1.54, 1.807) is 24.9 Å². The van der Waals surface area contributed by atoms with Crippen LogP contribution in [0.4, 0.5) is 0 Å². The zero-order valence-corrected chi connectivity index (χ0v) is 20.8. The van der Waals surface area contributed by atoms with Gasteiger partial charge in [-0.05, 0) is 34.6 Å². The standard InChI is InChI=1S/C25H22N4O2S3/c1-31-22-14-5-3-9-19(22)12-7-15-26-27-23(30)17-33-25-29-28-24(34-25)32-16-20-11-6-10-18-8-2-4-13-21(18)20/h2-15H,16-17H2,1H3,(H,27,30)/b12-7-,26-15-. The number of thioether (sulfide) groups is 2. The van der Waals surface area contributed by atoms with Gasteiger partial charge >= 0.3 is 0 Å². The number of rotatable bonds is 10. The molecular formula is C25H22N4O2S3. The summed E-state index contributed by atoms with van der Waals surface area (Å²) in [5.74, 6) is 1.61. The maximum atomic E-state index is 12.1. The second kappa shape index (κ2) is 12.4. The number of benzene rings is 3. The highest BCUT2D eigenvalue weighted by Gasteiger charge is 2.09. The third-order valence-electron chi connectivity index (χ3n) is 4.71. The van der Waals surface area contributed by atoms with Gasteiger partial charge in [0.25, 0.3) is 5.91 Å². The molecule has 0 unspecified atom stereocenters. The van der Waals surface area contributed by atoms with E-state index >= 15 is 0 Å². The molecule has 4 rings (SSSR count). The topological polar surface area (TPSA) is 76.5 Å². The first kappa shape index (κ1) is 24.0. The fourth-order valence-electron chi connectivity index (χ4n) is 3.13. The lowest BCUT2D eigenvalue weighted by atomic mass is 10.1. The predicted octanol–water partition coefficient (Wildman–Crippen LogP) is 5.90. The number of carbonyl (C=O) groups is 1. The van der Waals surface area contributed by atoms with Crippen LogP contribution in [-0.2, 0) is 10.5 Å². The molecule has 0 bridgehead atoms. The second-order valence-electron chi connectivity index (χ2n) is 6.96. The van der Waals surface area contributed by atoms with Crippen molar-refractivity contribution in [3.05, 3.63) is 83.9 Å². The summed E-state index contributed by atoms with van der Waals surface area (Å²) in [4.78, 5) is 12.1. The molecule has 172 valence electrons. The van der Waals surface area contributed by atoms with E-state index in [0.717, 1.165) is 25.7 Å². The molecule has 6 nitrogen and oxygen atoms in total. The van der Waals surface area contributed by atoms with Crippen molar-refractivity contribution in [2.24, 2.45) is 5.10 Å². The molecule has 0 saturated heterocycles. The first-order valence-corrected chi connectivity index (χ1v) is 13.2. The molecule has 0 radical (unpaired) electrons. The Labute approximate surface area is 210 Å². The fourth-order valence-corrected chi connectivity index (χ4v) is 5.95. The first-order chi connectivity index (χ1) is 16.7. The van der Waals surface area contributed by atoms with Crippen molar-refractivity contribution < 1.29 is 9.53 Å². The summed E-state index contributed by atoms with van der Waals surface area (Å²) in [6.07, 6.45) is 5.14. The molecule has 0 spiro atoms. The van der Waals surface area contributed by atoms with Crippen molar-refractivity contribution >= 4 is 63.8 Å². The Bertz CT molecular complexity index is 1320. The lowest BCUT2D eigenvalue weighted by Gasteiger charge is -2.04. The van der Waals surface area contributed by atoms with Crippen LogP contribution in [0.1, 0.15) is 11.1 Å². The number of allylic oxidation sites excluding steroid dienone is 1. The van der Waals surface area contributed by atoms with Crippen molar-refractivity contribution in [2.45, 2.75) is 14.4 Å². The van der Waals surface area contributed by atoms with Crippen LogP contribution >= 0.6 is 34.9 Å². The fraction of sp³-hybridized carbons (Fsp3) is 0.120. The second-order valence-corrected chi connectivity index (χ2v) is 10.4. The molecule has 1 heterocycles. The number of hydrazone groups is 1. The average molecular weight is 507 g/mol. The zero-order valence-electron chi connectivity index (χ0n) is 18.4. The number of para-hydroxylation sites is 1. The number of nitrogens with zero attached hydrogens (tertiary/aromatic N) is 3. The smallest absolute Gasteiger partial charge is 0.250 e. The van der Waals surface area contributed by atoms with E-state index in [1.165, 1.54) is 45.6 Å². The maximum Gasteiger partial charge on any atom is 0.250 e. The molecule has 0 atom stereocenters. The largest absolute Gasteiger partial charge is 0.496 e. The number of hydrogen-bond acceptors (Lipinski definition) is 8. The number of carbonyl (C=O) groups excluding carboxylic acids is 1. The van der Waals surface area contributed by atoms with Crippen LogP contribution in [-0.4, -0.2) is 35.2 Å². The Balaban J connectivity index is 1.21. The molecule has 3 aromatic carbocycles. The Morgan fingerprint density at radius 3 is 2.68 bits per heavy atom. The first-order valence-electron chi connectivity index (χ1n) is 10.4. The van der Waals surface area contributed by atoms with Gasteiger partial charge in [-0.1, -0.05) is 95.5 Å². The van der Waals surface area contributed by atoms with Gasteiger partial charge in [0.2, 0.25) is 0 Å². The summed E-state index contributed by atoms with van der Waals surface area (Å²) in [5.41, 5.74) is 4.72. The third kappa shape index (κ3) is 6.69. The Kier molecular flexibility index (Phi) is 8.72. The van der Waals surface area contributed by atoms with Crippen molar-refractivity contribution in [3.8, 4) is 5.75 Å². The SMILES string of the molecule is COc1ccccc1/C=C\C=N/NC(=O)CSc1nnc(SCc2cccc3ccccc23)s1. The van der Waals surface area contributed by atoms with Crippen molar-refractivity contribution in [3.63, 3.8) is 0 Å². The highest BCUT2D eigenvalue weighted by atomic mass is 32.2. The number of methoxy groups -OCH3 is 1. The molecule has 1 amide bonds. The molecule has 34 heavy (non-hydrogen) atoms. The summed E-state index contributed by atoms with van der Waals surface area (Å²) < 4.78 is 6.94. The number of ether oxygens (including phenoxy) is 1. The van der Waals surface area contributed by atoms with Gasteiger partial charge in [-0.3, -0.25) is 4.79 Å². The van der Waals surface area contributed by atoms with Gasteiger partial charge in [-0.15, -0.1) is 10.2 Å². The minimum atomic E-state index is -0.202. The predicted molar refractivity (Wildman–Crippen MR) is 143 cm³/mol.